The van der Waals surface area contributed by atoms with Crippen LogP contribution in [0.4, 0.5) is 32.8 Å². The van der Waals surface area contributed by atoms with Crippen LogP contribution in [0.25, 0.3) is 22.4 Å². The number of hydrogen-bond acceptors (Lipinski definition) is 7. The van der Waals surface area contributed by atoms with Crippen molar-refractivity contribution in [3.8, 4) is 22.4 Å². The van der Waals surface area contributed by atoms with E-state index < -0.39 is 11.0 Å². The van der Waals surface area contributed by atoms with Crippen LogP contribution in [0.5, 0.6) is 0 Å². The normalized spacial score (nSPS) is 13.4. The molecule has 12 heteroatoms. The summed E-state index contributed by atoms with van der Waals surface area (Å²) in [6, 6.07) is 38.5. The highest BCUT2D eigenvalue weighted by Gasteiger charge is 2.26. The van der Waals surface area contributed by atoms with E-state index in [1.165, 1.54) is 17.0 Å². The Balaban J connectivity index is 0.970. The number of thioether (sulfide) groups is 1. The molecule has 0 saturated carbocycles. The molecule has 5 aromatic carbocycles. The van der Waals surface area contributed by atoms with Crippen molar-refractivity contribution in [3.63, 3.8) is 0 Å². The Morgan fingerprint density at radius 1 is 0.821 bits per heavy atom. The Morgan fingerprint density at radius 3 is 2.20 bits per heavy atom. The van der Waals surface area contributed by atoms with E-state index in [0.29, 0.717) is 16.1 Å². The minimum atomic E-state index is -1.48. The predicted molar refractivity (Wildman–Crippen MR) is 232 cm³/mol. The number of halogens is 1. The number of amides is 1. The van der Waals surface area contributed by atoms with E-state index in [1.54, 1.807) is 37.0 Å². The van der Waals surface area contributed by atoms with Gasteiger partial charge in [0.15, 0.2) is 0 Å². The van der Waals surface area contributed by atoms with Crippen LogP contribution in [0.15, 0.2) is 131 Å². The Hall–Kier alpha value is -5.72. The van der Waals surface area contributed by atoms with Crippen LogP contribution < -0.4 is 30.9 Å². The van der Waals surface area contributed by atoms with E-state index in [1.807, 2.05) is 73.1 Å². The first-order chi connectivity index (χ1) is 27.2. The van der Waals surface area contributed by atoms with E-state index in [0.717, 1.165) is 89.3 Å². The second-order valence-electron chi connectivity index (χ2n) is 13.6. The van der Waals surface area contributed by atoms with E-state index in [9.17, 15) is 13.4 Å². The molecule has 0 radical (unpaired) electrons. The molecule has 288 valence electrons. The van der Waals surface area contributed by atoms with Crippen molar-refractivity contribution in [2.75, 3.05) is 71.1 Å². The number of nitrogen functional groups attached to an aromatic ring is 1. The van der Waals surface area contributed by atoms with E-state index in [4.69, 9.17) is 5.73 Å². The molecule has 9 nitrogen and oxygen atoms in total. The first-order valence-electron chi connectivity index (χ1n) is 18.6. The summed E-state index contributed by atoms with van der Waals surface area (Å²) in [5.74, 6) is 0.431. The van der Waals surface area contributed by atoms with Gasteiger partial charge < -0.3 is 35.5 Å². The molecule has 2 heterocycles. The number of piperazine rings is 1. The summed E-state index contributed by atoms with van der Waals surface area (Å²) in [5, 5.41) is 6.19. The van der Waals surface area contributed by atoms with E-state index in [-0.39, 0.29) is 11.7 Å². The van der Waals surface area contributed by atoms with Gasteiger partial charge in [0.1, 0.15) is 16.8 Å². The van der Waals surface area contributed by atoms with Crippen LogP contribution in [0.1, 0.15) is 16.1 Å². The molecule has 5 N–H and O–H groups in total. The third kappa shape index (κ3) is 8.56. The Kier molecular flexibility index (Phi) is 12.0. The molecule has 1 fully saturated rings. The molecule has 1 saturated heterocycles. The topological polar surface area (TPSA) is 108 Å². The molecule has 1 aliphatic heterocycles. The molecule has 1 unspecified atom stereocenters. The maximum absolute atomic E-state index is 13.9. The van der Waals surface area contributed by atoms with Crippen LogP contribution >= 0.6 is 11.8 Å². The quantitative estimate of drug-likeness (QED) is 0.0529. The fourth-order valence-corrected chi connectivity index (χ4v) is 8.79. The summed E-state index contributed by atoms with van der Waals surface area (Å²) in [4.78, 5) is 19.8. The zero-order valence-corrected chi connectivity index (χ0v) is 33.4. The summed E-state index contributed by atoms with van der Waals surface area (Å²) < 4.78 is 32.2. The Bertz CT molecular complexity index is 2330. The SMILES string of the molecule is CNC(=O)c1c(-c2cccc(N3CCN(c4ccc(NS(=O)c5ccc(NCCSc6ccccc6)c(N)c5)cc4)CC3)c2)c(-c2ccc(F)cc2)n(C)c1C. The molecule has 1 amide bonds. The highest BCUT2D eigenvalue weighted by atomic mass is 32.2. The van der Waals surface area contributed by atoms with Gasteiger partial charge in [0.05, 0.1) is 27.5 Å². The van der Waals surface area contributed by atoms with Crippen molar-refractivity contribution < 1.29 is 13.4 Å². The number of benzene rings is 5. The molecule has 1 aliphatic rings. The van der Waals surface area contributed by atoms with Gasteiger partial charge in [0.2, 0.25) is 0 Å². The van der Waals surface area contributed by atoms with Crippen LogP contribution in [-0.2, 0) is 18.0 Å². The lowest BCUT2D eigenvalue weighted by Crippen LogP contribution is -2.46. The summed E-state index contributed by atoms with van der Waals surface area (Å²) in [6.45, 7) is 5.97. The van der Waals surface area contributed by atoms with Crippen molar-refractivity contribution in [2.45, 2.75) is 16.7 Å². The fourth-order valence-electron chi connectivity index (χ4n) is 7.11. The molecule has 1 aromatic heterocycles. The minimum absolute atomic E-state index is 0.163. The predicted octanol–water partition coefficient (Wildman–Crippen LogP) is 8.41. The van der Waals surface area contributed by atoms with Gasteiger partial charge in [-0.15, -0.1) is 11.8 Å². The maximum Gasteiger partial charge on any atom is 0.253 e. The lowest BCUT2D eigenvalue weighted by molar-refractivity contribution is 0.0963. The first kappa shape index (κ1) is 38.6. The van der Waals surface area contributed by atoms with Crippen molar-refractivity contribution in [1.82, 2.24) is 9.88 Å². The van der Waals surface area contributed by atoms with Gasteiger partial charge in [-0.05, 0) is 109 Å². The molecule has 0 bridgehead atoms. The summed E-state index contributed by atoms with van der Waals surface area (Å²) >= 11 is 1.78. The zero-order chi connectivity index (χ0) is 39.2. The Morgan fingerprint density at radius 2 is 1.52 bits per heavy atom. The van der Waals surface area contributed by atoms with Gasteiger partial charge in [-0.25, -0.2) is 8.60 Å². The van der Waals surface area contributed by atoms with Gasteiger partial charge in [-0.3, -0.25) is 4.79 Å². The number of nitrogens with zero attached hydrogens (tertiary/aromatic N) is 3. The smallest absolute Gasteiger partial charge is 0.253 e. The van der Waals surface area contributed by atoms with Crippen LogP contribution in [0.2, 0.25) is 0 Å². The lowest BCUT2D eigenvalue weighted by Gasteiger charge is -2.37. The van der Waals surface area contributed by atoms with Gasteiger partial charge >= 0.3 is 0 Å². The van der Waals surface area contributed by atoms with Crippen molar-refractivity contribution in [1.29, 1.82) is 0 Å². The third-order valence-electron chi connectivity index (χ3n) is 10.1. The average molecular weight is 788 g/mol. The monoisotopic (exact) mass is 787 g/mol. The highest BCUT2D eigenvalue weighted by molar-refractivity contribution is 7.99. The van der Waals surface area contributed by atoms with Crippen molar-refractivity contribution in [2.24, 2.45) is 7.05 Å². The van der Waals surface area contributed by atoms with Gasteiger partial charge in [-0.1, -0.05) is 30.3 Å². The number of carbonyl (C=O) groups is 1. The molecule has 0 aliphatic carbocycles. The maximum atomic E-state index is 13.9. The van der Waals surface area contributed by atoms with Crippen LogP contribution in [-0.4, -0.2) is 60.2 Å². The van der Waals surface area contributed by atoms with Gasteiger partial charge in [-0.2, -0.15) is 0 Å². The Labute approximate surface area is 334 Å². The standard InChI is InChI=1S/C44H46FN7O2S2/c1-30-41(44(53)47-2)42(43(50(30)3)31-12-14-33(45)15-13-31)32-8-7-9-36(28-32)52-25-23-51(24-26-52)35-18-16-34(17-19-35)49-56(54)38-20-21-40(39(46)29-38)48-22-27-55-37-10-5-4-6-11-37/h4-21,28-29,48-49H,22-27,46H2,1-3H3,(H,47,53). The fraction of sp³-hybridized carbons (Fsp3) is 0.205. The second kappa shape index (κ2) is 17.4. The summed E-state index contributed by atoms with van der Waals surface area (Å²) in [6.07, 6.45) is 0. The molecular formula is C44H46FN7O2S2. The van der Waals surface area contributed by atoms with E-state index >= 15 is 0 Å². The molecule has 6 aromatic rings. The number of rotatable bonds is 13. The largest absolute Gasteiger partial charge is 0.397 e. The molecule has 1 atom stereocenters. The molecule has 56 heavy (non-hydrogen) atoms. The lowest BCUT2D eigenvalue weighted by atomic mass is 9.96. The first-order valence-corrected chi connectivity index (χ1v) is 20.7. The number of anilines is 5. The number of nitrogens with two attached hydrogens (primary N) is 1. The minimum Gasteiger partial charge on any atom is -0.397 e. The summed E-state index contributed by atoms with van der Waals surface area (Å²) in [5.41, 5.74) is 15.5. The molecular weight excluding hydrogens is 742 g/mol. The second-order valence-corrected chi connectivity index (χ2v) is 16.0. The average Bonchev–Trinajstić information content (AvgIpc) is 3.50. The van der Waals surface area contributed by atoms with Crippen molar-refractivity contribution >= 4 is 57.1 Å². The van der Waals surface area contributed by atoms with E-state index in [2.05, 4.69) is 61.6 Å². The molecule has 7 rings (SSSR count). The highest BCUT2D eigenvalue weighted by Crippen LogP contribution is 2.40. The van der Waals surface area contributed by atoms with Crippen molar-refractivity contribution in [3.05, 3.63) is 138 Å². The van der Waals surface area contributed by atoms with Crippen LogP contribution in [0, 0.1) is 12.7 Å². The number of carbonyl (C=O) groups excluding carboxylic acids is 1. The molecule has 0 spiro atoms. The zero-order valence-electron chi connectivity index (χ0n) is 31.7. The number of nitrogens with one attached hydrogen (secondary N) is 3. The van der Waals surface area contributed by atoms with Gasteiger partial charge in [0.25, 0.3) is 5.91 Å². The van der Waals surface area contributed by atoms with Crippen LogP contribution in [0.3, 0.4) is 0 Å². The number of hydrogen-bond donors (Lipinski definition) is 4. The number of aromatic nitrogens is 1. The third-order valence-corrected chi connectivity index (χ3v) is 12.3. The van der Waals surface area contributed by atoms with Gasteiger partial charge in [0, 0.05) is 85.8 Å². The summed E-state index contributed by atoms with van der Waals surface area (Å²) in [7, 11) is 2.10.